The molecule has 0 amide bonds. The standard InChI is InChI=1S/C17H26N2O2S/c1-5-7-14(6-2)22-16-9-8-13(10-15(16)19-18)17(20)21-11-12(3)4/h7-10,12,19H,5-6,11,18H2,1-4H3/b14-7+. The number of anilines is 1. The van der Waals surface area contributed by atoms with Crippen LogP contribution >= 0.6 is 11.8 Å². The highest BCUT2D eigenvalue weighted by Crippen LogP contribution is 2.35. The molecule has 0 fully saturated rings. The van der Waals surface area contributed by atoms with Crippen molar-refractivity contribution in [2.24, 2.45) is 11.8 Å². The summed E-state index contributed by atoms with van der Waals surface area (Å²) in [6, 6.07) is 5.43. The topological polar surface area (TPSA) is 64.3 Å². The average molecular weight is 322 g/mol. The van der Waals surface area contributed by atoms with Crippen molar-refractivity contribution in [2.45, 2.75) is 45.4 Å². The van der Waals surface area contributed by atoms with Crippen LogP contribution in [0.3, 0.4) is 0 Å². The number of nitrogens with two attached hydrogens (primary N) is 1. The maximum absolute atomic E-state index is 12.0. The number of benzene rings is 1. The zero-order valence-electron chi connectivity index (χ0n) is 13.8. The summed E-state index contributed by atoms with van der Waals surface area (Å²) < 4.78 is 5.24. The number of esters is 1. The molecule has 122 valence electrons. The number of nitrogens with one attached hydrogen (secondary N) is 1. The molecule has 0 unspecified atom stereocenters. The number of hydrogen-bond donors (Lipinski definition) is 2. The molecule has 0 heterocycles. The SMILES string of the molecule is CC/C=C(\CC)Sc1ccc(C(=O)OCC(C)C)cc1NN. The number of ether oxygens (including phenoxy) is 1. The van der Waals surface area contributed by atoms with Crippen LogP contribution in [0.1, 0.15) is 50.9 Å². The number of allylic oxidation sites excluding steroid dienone is 2. The van der Waals surface area contributed by atoms with Gasteiger partial charge in [0.1, 0.15) is 0 Å². The molecule has 1 aromatic rings. The molecule has 0 aliphatic heterocycles. The Bertz CT molecular complexity index is 527. The smallest absolute Gasteiger partial charge is 0.338 e. The molecule has 0 bridgehead atoms. The van der Waals surface area contributed by atoms with Gasteiger partial charge in [0.25, 0.3) is 0 Å². The second-order valence-corrected chi connectivity index (χ2v) is 6.55. The van der Waals surface area contributed by atoms with Gasteiger partial charge in [0.05, 0.1) is 17.9 Å². The molecule has 0 aromatic heterocycles. The van der Waals surface area contributed by atoms with Gasteiger partial charge in [0.2, 0.25) is 0 Å². The number of carbonyl (C=O) groups excluding carboxylic acids is 1. The quantitative estimate of drug-likeness (QED) is 0.317. The lowest BCUT2D eigenvalue weighted by Crippen LogP contribution is -2.12. The second kappa shape index (κ2) is 9.54. The normalized spacial score (nSPS) is 11.6. The number of thioether (sulfide) groups is 1. The van der Waals surface area contributed by atoms with Crippen LogP contribution in [0.5, 0.6) is 0 Å². The fraction of sp³-hybridized carbons (Fsp3) is 0.471. The molecule has 22 heavy (non-hydrogen) atoms. The van der Waals surface area contributed by atoms with Crippen LogP contribution in [0.25, 0.3) is 0 Å². The molecule has 0 spiro atoms. The third-order valence-electron chi connectivity index (χ3n) is 2.94. The van der Waals surface area contributed by atoms with E-state index in [2.05, 4.69) is 25.3 Å². The highest BCUT2D eigenvalue weighted by Gasteiger charge is 2.12. The highest BCUT2D eigenvalue weighted by atomic mass is 32.2. The van der Waals surface area contributed by atoms with E-state index in [0.29, 0.717) is 18.1 Å². The molecular weight excluding hydrogens is 296 g/mol. The van der Waals surface area contributed by atoms with Gasteiger partial charge in [-0.15, -0.1) is 0 Å². The first kappa shape index (κ1) is 18.6. The molecule has 0 saturated carbocycles. The molecule has 5 heteroatoms. The van der Waals surface area contributed by atoms with Crippen molar-refractivity contribution in [1.82, 2.24) is 0 Å². The lowest BCUT2D eigenvalue weighted by Gasteiger charge is -2.12. The van der Waals surface area contributed by atoms with Gasteiger partial charge in [-0.05, 0) is 41.9 Å². The molecule has 3 N–H and O–H groups in total. The fourth-order valence-corrected chi connectivity index (χ4v) is 2.85. The summed E-state index contributed by atoms with van der Waals surface area (Å²) in [5.41, 5.74) is 3.92. The maximum Gasteiger partial charge on any atom is 0.338 e. The Labute approximate surface area is 137 Å². The van der Waals surface area contributed by atoms with Crippen LogP contribution < -0.4 is 11.3 Å². The van der Waals surface area contributed by atoms with Crippen LogP contribution in [-0.4, -0.2) is 12.6 Å². The minimum atomic E-state index is -0.318. The van der Waals surface area contributed by atoms with Gasteiger partial charge in [0, 0.05) is 4.90 Å². The average Bonchev–Trinajstić information content (AvgIpc) is 2.52. The van der Waals surface area contributed by atoms with Crippen LogP contribution in [0.15, 0.2) is 34.1 Å². The van der Waals surface area contributed by atoms with Gasteiger partial charge in [-0.3, -0.25) is 5.84 Å². The molecule has 0 radical (unpaired) electrons. The van der Waals surface area contributed by atoms with E-state index in [4.69, 9.17) is 10.6 Å². The summed E-state index contributed by atoms with van der Waals surface area (Å²) in [6.07, 6.45) is 4.18. The summed E-state index contributed by atoms with van der Waals surface area (Å²) in [7, 11) is 0. The van der Waals surface area contributed by atoms with Crippen molar-refractivity contribution >= 4 is 23.4 Å². The highest BCUT2D eigenvalue weighted by molar-refractivity contribution is 8.03. The third kappa shape index (κ3) is 5.73. The molecule has 1 aromatic carbocycles. The molecule has 0 saturated heterocycles. The molecule has 0 aliphatic rings. The maximum atomic E-state index is 12.0. The van der Waals surface area contributed by atoms with Gasteiger partial charge >= 0.3 is 5.97 Å². The third-order valence-corrected chi connectivity index (χ3v) is 4.23. The number of hydrazine groups is 1. The monoisotopic (exact) mass is 322 g/mol. The summed E-state index contributed by atoms with van der Waals surface area (Å²) >= 11 is 1.67. The molecule has 1 rings (SSSR count). The Morgan fingerprint density at radius 2 is 2.14 bits per heavy atom. The van der Waals surface area contributed by atoms with E-state index in [9.17, 15) is 4.79 Å². The van der Waals surface area contributed by atoms with Crippen LogP contribution in [0, 0.1) is 5.92 Å². The minimum Gasteiger partial charge on any atom is -0.462 e. The first-order valence-electron chi connectivity index (χ1n) is 7.66. The first-order valence-corrected chi connectivity index (χ1v) is 8.48. The number of rotatable bonds is 8. The number of nitrogen functional groups attached to an aromatic ring is 1. The zero-order valence-corrected chi connectivity index (χ0v) is 14.6. The lowest BCUT2D eigenvalue weighted by atomic mass is 10.2. The van der Waals surface area contributed by atoms with Gasteiger partial charge in [-0.2, -0.15) is 0 Å². The van der Waals surface area contributed by atoms with Crippen LogP contribution in [0.2, 0.25) is 0 Å². The van der Waals surface area contributed by atoms with Crippen molar-refractivity contribution in [3.05, 3.63) is 34.7 Å². The van der Waals surface area contributed by atoms with Crippen LogP contribution in [0.4, 0.5) is 5.69 Å². The van der Waals surface area contributed by atoms with Gasteiger partial charge in [0.15, 0.2) is 0 Å². The lowest BCUT2D eigenvalue weighted by molar-refractivity contribution is 0.0459. The van der Waals surface area contributed by atoms with Crippen molar-refractivity contribution in [1.29, 1.82) is 0 Å². The molecule has 0 aliphatic carbocycles. The van der Waals surface area contributed by atoms with E-state index in [1.165, 1.54) is 4.91 Å². The van der Waals surface area contributed by atoms with Gasteiger partial charge < -0.3 is 10.2 Å². The zero-order chi connectivity index (χ0) is 16.5. The molecule has 0 atom stereocenters. The van der Waals surface area contributed by atoms with Gasteiger partial charge in [-0.1, -0.05) is 45.5 Å². The van der Waals surface area contributed by atoms with Crippen molar-refractivity contribution in [3.63, 3.8) is 0 Å². The fourth-order valence-electron chi connectivity index (χ4n) is 1.81. The van der Waals surface area contributed by atoms with Crippen molar-refractivity contribution in [2.75, 3.05) is 12.0 Å². The Morgan fingerprint density at radius 1 is 1.41 bits per heavy atom. The van der Waals surface area contributed by atoms with E-state index in [1.54, 1.807) is 23.9 Å². The van der Waals surface area contributed by atoms with E-state index in [1.807, 2.05) is 19.9 Å². The summed E-state index contributed by atoms with van der Waals surface area (Å²) in [5.74, 6) is 5.60. The minimum absolute atomic E-state index is 0.317. The summed E-state index contributed by atoms with van der Waals surface area (Å²) in [4.78, 5) is 14.3. The Hall–Kier alpha value is -1.46. The predicted molar refractivity (Wildman–Crippen MR) is 93.9 cm³/mol. The van der Waals surface area contributed by atoms with Crippen molar-refractivity contribution < 1.29 is 9.53 Å². The number of hydrogen-bond acceptors (Lipinski definition) is 5. The molecular formula is C17H26N2O2S. The Morgan fingerprint density at radius 3 is 2.68 bits per heavy atom. The number of carbonyl (C=O) groups is 1. The largest absolute Gasteiger partial charge is 0.462 e. The van der Waals surface area contributed by atoms with E-state index >= 15 is 0 Å². The van der Waals surface area contributed by atoms with Crippen LogP contribution in [-0.2, 0) is 4.74 Å². The van der Waals surface area contributed by atoms with Crippen molar-refractivity contribution in [3.8, 4) is 0 Å². The van der Waals surface area contributed by atoms with Gasteiger partial charge in [-0.25, -0.2) is 4.79 Å². The van der Waals surface area contributed by atoms with E-state index < -0.39 is 0 Å². The Balaban J connectivity index is 2.91. The summed E-state index contributed by atoms with van der Waals surface area (Å²) in [6.45, 7) is 8.67. The molecule has 4 nitrogen and oxygen atoms in total. The Kier molecular flexibility index (Phi) is 8.06. The predicted octanol–water partition coefficient (Wildman–Crippen LogP) is 4.58. The summed E-state index contributed by atoms with van der Waals surface area (Å²) in [5, 5.41) is 0. The van der Waals surface area contributed by atoms with E-state index in [0.717, 1.165) is 23.4 Å². The first-order chi connectivity index (χ1) is 10.5. The van der Waals surface area contributed by atoms with E-state index in [-0.39, 0.29) is 5.97 Å². The second-order valence-electron chi connectivity index (χ2n) is 5.38.